The first-order valence-electron chi connectivity index (χ1n) is 13.1. The normalized spacial score (nSPS) is 16.4. The van der Waals surface area contributed by atoms with Crippen molar-refractivity contribution in [2.24, 2.45) is 0 Å². The van der Waals surface area contributed by atoms with Gasteiger partial charge in [0.05, 0.1) is 6.20 Å². The number of amides is 1. The molecule has 5 aromatic rings. The molecule has 3 heterocycles. The lowest BCUT2D eigenvalue weighted by Crippen LogP contribution is -2.21. The molecule has 1 unspecified atom stereocenters. The Balaban J connectivity index is 1.32. The number of benzene rings is 3. The lowest BCUT2D eigenvalue weighted by Gasteiger charge is -2.21. The van der Waals surface area contributed by atoms with E-state index >= 15 is 0 Å². The predicted molar refractivity (Wildman–Crippen MR) is 149 cm³/mol. The lowest BCUT2D eigenvalue weighted by molar-refractivity contribution is 0.0964. The summed E-state index contributed by atoms with van der Waals surface area (Å²) in [5.74, 6) is 0.531. The largest absolute Gasteiger partial charge is 0.355 e. The molecular formula is C31H31N5O. The van der Waals surface area contributed by atoms with Crippen LogP contribution in [0.3, 0.4) is 0 Å². The van der Waals surface area contributed by atoms with E-state index in [0.29, 0.717) is 11.5 Å². The number of nitrogens with zero attached hydrogens (tertiary/aromatic N) is 3. The van der Waals surface area contributed by atoms with Gasteiger partial charge in [-0.25, -0.2) is 9.50 Å². The highest BCUT2D eigenvalue weighted by atomic mass is 16.1. The highest BCUT2D eigenvalue weighted by Gasteiger charge is 2.17. The van der Waals surface area contributed by atoms with Gasteiger partial charge in [-0.1, -0.05) is 61.0 Å². The van der Waals surface area contributed by atoms with Crippen LogP contribution in [0, 0.1) is 0 Å². The van der Waals surface area contributed by atoms with E-state index in [4.69, 9.17) is 4.98 Å². The molecule has 1 saturated heterocycles. The van der Waals surface area contributed by atoms with Gasteiger partial charge in [0.1, 0.15) is 0 Å². The Kier molecular flexibility index (Phi) is 6.41. The van der Waals surface area contributed by atoms with Crippen LogP contribution in [-0.2, 0) is 0 Å². The summed E-state index contributed by atoms with van der Waals surface area (Å²) in [5, 5.41) is 12.8. The van der Waals surface area contributed by atoms with Crippen molar-refractivity contribution in [2.75, 3.05) is 20.1 Å². The molecule has 37 heavy (non-hydrogen) atoms. The molecule has 0 spiro atoms. The standard InChI is InChI=1S/C31H31N5O/c1-32-31(37)28-14-13-27(25-7-2-3-8-26(25)28)29-19-35-36-20-24(18-34-30(29)36)23-11-9-22(10-12-23)21-6-4-5-16-33-17-15-21/h2-3,7-14,18-21,33H,4-6,15-17H2,1H3,(H,32,37). The molecular weight excluding hydrogens is 458 g/mol. The average molecular weight is 490 g/mol. The first-order valence-corrected chi connectivity index (χ1v) is 13.1. The van der Waals surface area contributed by atoms with Gasteiger partial charge in [-0.2, -0.15) is 5.10 Å². The van der Waals surface area contributed by atoms with E-state index < -0.39 is 0 Å². The third-order valence-corrected chi connectivity index (χ3v) is 7.58. The molecule has 1 fully saturated rings. The molecule has 0 saturated carbocycles. The van der Waals surface area contributed by atoms with Crippen LogP contribution in [0.4, 0.5) is 0 Å². The van der Waals surface area contributed by atoms with Gasteiger partial charge in [-0.3, -0.25) is 4.79 Å². The Morgan fingerprint density at radius 3 is 2.57 bits per heavy atom. The molecule has 0 bridgehead atoms. The van der Waals surface area contributed by atoms with Crippen LogP contribution >= 0.6 is 0 Å². The minimum atomic E-state index is -0.0948. The fourth-order valence-electron chi connectivity index (χ4n) is 5.55. The van der Waals surface area contributed by atoms with Gasteiger partial charge in [-0.05, 0) is 71.8 Å². The van der Waals surface area contributed by atoms with Crippen molar-refractivity contribution in [1.82, 2.24) is 25.2 Å². The molecule has 0 radical (unpaired) electrons. The first-order chi connectivity index (χ1) is 18.2. The molecule has 1 aliphatic rings. The summed E-state index contributed by atoms with van der Waals surface area (Å²) < 4.78 is 1.85. The quantitative estimate of drug-likeness (QED) is 0.334. The van der Waals surface area contributed by atoms with Crippen LogP contribution in [0.15, 0.2) is 79.3 Å². The Bertz CT molecular complexity index is 1560. The number of carbonyl (C=O) groups is 1. The summed E-state index contributed by atoms with van der Waals surface area (Å²) in [4.78, 5) is 17.2. The van der Waals surface area contributed by atoms with Gasteiger partial charge in [-0.15, -0.1) is 0 Å². The molecule has 186 valence electrons. The summed E-state index contributed by atoms with van der Waals surface area (Å²) in [6.07, 6.45) is 10.8. The summed E-state index contributed by atoms with van der Waals surface area (Å²) in [7, 11) is 1.65. The van der Waals surface area contributed by atoms with E-state index in [1.54, 1.807) is 7.05 Å². The molecule has 1 aliphatic heterocycles. The van der Waals surface area contributed by atoms with Crippen LogP contribution in [0.2, 0.25) is 0 Å². The molecule has 3 aromatic carbocycles. The van der Waals surface area contributed by atoms with Crippen molar-refractivity contribution < 1.29 is 4.79 Å². The van der Waals surface area contributed by atoms with E-state index in [9.17, 15) is 4.79 Å². The topological polar surface area (TPSA) is 71.3 Å². The van der Waals surface area contributed by atoms with Crippen molar-refractivity contribution in [3.63, 3.8) is 0 Å². The third-order valence-electron chi connectivity index (χ3n) is 7.58. The van der Waals surface area contributed by atoms with Crippen molar-refractivity contribution in [3.05, 3.63) is 90.4 Å². The predicted octanol–water partition coefficient (Wildman–Crippen LogP) is 5.82. The molecule has 2 N–H and O–H groups in total. The number of hydrogen-bond acceptors (Lipinski definition) is 4. The van der Waals surface area contributed by atoms with Gasteiger partial charge in [0.2, 0.25) is 0 Å². The van der Waals surface area contributed by atoms with Crippen molar-refractivity contribution in [3.8, 4) is 22.3 Å². The maximum Gasteiger partial charge on any atom is 0.251 e. The zero-order valence-corrected chi connectivity index (χ0v) is 21.1. The summed E-state index contributed by atoms with van der Waals surface area (Å²) in [5.41, 5.74) is 7.01. The first kappa shape index (κ1) is 23.4. The van der Waals surface area contributed by atoms with E-state index in [0.717, 1.165) is 51.8 Å². The molecule has 1 atom stereocenters. The fourth-order valence-corrected chi connectivity index (χ4v) is 5.55. The Morgan fingerprint density at radius 1 is 0.892 bits per heavy atom. The van der Waals surface area contributed by atoms with Crippen LogP contribution in [0.5, 0.6) is 0 Å². The van der Waals surface area contributed by atoms with E-state index in [1.807, 2.05) is 59.5 Å². The number of fused-ring (bicyclic) bond motifs is 2. The maximum absolute atomic E-state index is 12.4. The highest BCUT2D eigenvalue weighted by molar-refractivity contribution is 6.11. The number of nitrogens with one attached hydrogen (secondary N) is 2. The van der Waals surface area contributed by atoms with Crippen LogP contribution in [-0.4, -0.2) is 40.6 Å². The zero-order chi connectivity index (χ0) is 25.2. The lowest BCUT2D eigenvalue weighted by atomic mass is 9.89. The van der Waals surface area contributed by atoms with Crippen LogP contribution < -0.4 is 10.6 Å². The second kappa shape index (κ2) is 10.1. The molecule has 6 rings (SSSR count). The van der Waals surface area contributed by atoms with E-state index in [1.165, 1.54) is 31.2 Å². The van der Waals surface area contributed by atoms with Gasteiger partial charge in [0.15, 0.2) is 5.65 Å². The minimum absolute atomic E-state index is 0.0948. The molecule has 1 amide bonds. The molecule has 6 nitrogen and oxygen atoms in total. The number of aromatic nitrogens is 3. The summed E-state index contributed by atoms with van der Waals surface area (Å²) in [6.45, 7) is 2.24. The van der Waals surface area contributed by atoms with Crippen molar-refractivity contribution >= 4 is 22.3 Å². The van der Waals surface area contributed by atoms with Gasteiger partial charge >= 0.3 is 0 Å². The Hall–Kier alpha value is -4.03. The Morgan fingerprint density at radius 2 is 1.73 bits per heavy atom. The molecule has 0 aliphatic carbocycles. The molecule has 2 aromatic heterocycles. The van der Waals surface area contributed by atoms with Gasteiger partial charge < -0.3 is 10.6 Å². The van der Waals surface area contributed by atoms with Crippen molar-refractivity contribution in [2.45, 2.75) is 31.6 Å². The number of rotatable bonds is 4. The SMILES string of the molecule is CNC(=O)c1ccc(-c2cnn3cc(-c4ccc(C5CCCCNCC5)cc4)cnc23)c2ccccc12. The van der Waals surface area contributed by atoms with E-state index in [-0.39, 0.29) is 5.91 Å². The maximum atomic E-state index is 12.4. The molecule has 6 heteroatoms. The summed E-state index contributed by atoms with van der Waals surface area (Å²) >= 11 is 0. The monoisotopic (exact) mass is 489 g/mol. The van der Waals surface area contributed by atoms with Gasteiger partial charge in [0.25, 0.3) is 5.91 Å². The smallest absolute Gasteiger partial charge is 0.251 e. The van der Waals surface area contributed by atoms with Crippen molar-refractivity contribution in [1.29, 1.82) is 0 Å². The second-order valence-electron chi connectivity index (χ2n) is 9.81. The van der Waals surface area contributed by atoms with Crippen LogP contribution in [0.1, 0.15) is 47.5 Å². The number of carbonyl (C=O) groups excluding carboxylic acids is 1. The summed E-state index contributed by atoms with van der Waals surface area (Å²) in [6, 6.07) is 20.8. The Labute approximate surface area is 216 Å². The average Bonchev–Trinajstić information content (AvgIpc) is 3.35. The van der Waals surface area contributed by atoms with Crippen LogP contribution in [0.25, 0.3) is 38.7 Å². The zero-order valence-electron chi connectivity index (χ0n) is 21.1. The van der Waals surface area contributed by atoms with Gasteiger partial charge in [0, 0.05) is 36.1 Å². The van der Waals surface area contributed by atoms with E-state index in [2.05, 4.69) is 40.0 Å². The number of hydrogen-bond donors (Lipinski definition) is 2. The highest BCUT2D eigenvalue weighted by Crippen LogP contribution is 2.34. The second-order valence-corrected chi connectivity index (χ2v) is 9.81. The third kappa shape index (κ3) is 4.49. The fraction of sp³-hybridized carbons (Fsp3) is 0.258. The minimum Gasteiger partial charge on any atom is -0.355 e.